The number of ether oxygens (including phenoxy) is 2. The highest BCUT2D eigenvalue weighted by Gasteiger charge is 2.52. The minimum absolute atomic E-state index is 0.0247. The van der Waals surface area contributed by atoms with Crippen LogP contribution in [-0.4, -0.2) is 70.7 Å². The Morgan fingerprint density at radius 2 is 1.84 bits per heavy atom. The summed E-state index contributed by atoms with van der Waals surface area (Å²) in [5, 5.41) is 6.47. The summed E-state index contributed by atoms with van der Waals surface area (Å²) in [6.07, 6.45) is 3.54. The Bertz CT molecular complexity index is 1770. The summed E-state index contributed by atoms with van der Waals surface area (Å²) in [6.45, 7) is 2.13. The summed E-state index contributed by atoms with van der Waals surface area (Å²) < 4.78 is 41.5. The molecule has 2 aromatic heterocycles. The van der Waals surface area contributed by atoms with Crippen LogP contribution in [0.2, 0.25) is 0 Å². The lowest BCUT2D eigenvalue weighted by Gasteiger charge is -2.25. The number of halogens is 2. The average molecular weight is 602 g/mol. The fourth-order valence-electron chi connectivity index (χ4n) is 6.34. The third-order valence-electron chi connectivity index (χ3n) is 8.57. The van der Waals surface area contributed by atoms with Crippen molar-refractivity contribution in [3.63, 3.8) is 0 Å². The molecule has 3 amide bonds. The number of carbonyl (C=O) groups excluding carboxylic acids is 3. The van der Waals surface area contributed by atoms with Gasteiger partial charge in [-0.05, 0) is 42.3 Å². The van der Waals surface area contributed by atoms with E-state index in [-0.39, 0.29) is 41.1 Å². The van der Waals surface area contributed by atoms with Gasteiger partial charge in [0.15, 0.2) is 5.79 Å². The SMILES string of the molecule is C[C@H](NC(=O)C1CC2(CN1C(=O)CNC(=O)c1ccc3c(c1)-c1ccccc1C3(F)F)OCCO2)c1cc2cnccc2[nH]1. The van der Waals surface area contributed by atoms with Gasteiger partial charge in [-0.3, -0.25) is 19.4 Å². The number of nitrogens with zero attached hydrogens (tertiary/aromatic N) is 2. The molecule has 2 saturated heterocycles. The van der Waals surface area contributed by atoms with Crippen molar-refractivity contribution in [2.45, 2.75) is 37.1 Å². The van der Waals surface area contributed by atoms with Crippen LogP contribution in [0.5, 0.6) is 0 Å². The molecule has 10 nitrogen and oxygen atoms in total. The number of hydrogen-bond donors (Lipinski definition) is 3. The number of amides is 3. The van der Waals surface area contributed by atoms with Crippen molar-refractivity contribution in [1.29, 1.82) is 0 Å². The number of aromatic nitrogens is 2. The van der Waals surface area contributed by atoms with Gasteiger partial charge in [-0.15, -0.1) is 0 Å². The van der Waals surface area contributed by atoms with Crippen LogP contribution in [-0.2, 0) is 25.0 Å². The maximum absolute atomic E-state index is 14.9. The van der Waals surface area contributed by atoms with Crippen LogP contribution in [0.1, 0.15) is 46.6 Å². The lowest BCUT2D eigenvalue weighted by atomic mass is 10.0. The molecule has 0 radical (unpaired) electrons. The summed E-state index contributed by atoms with van der Waals surface area (Å²) in [7, 11) is 0. The van der Waals surface area contributed by atoms with Crippen LogP contribution >= 0.6 is 0 Å². The number of likely N-dealkylation sites (tertiary alicyclic amines) is 1. The molecule has 226 valence electrons. The number of rotatable bonds is 6. The van der Waals surface area contributed by atoms with E-state index in [2.05, 4.69) is 20.6 Å². The number of alkyl halides is 2. The highest BCUT2D eigenvalue weighted by Crippen LogP contribution is 2.51. The van der Waals surface area contributed by atoms with E-state index < -0.39 is 42.2 Å². The van der Waals surface area contributed by atoms with E-state index >= 15 is 0 Å². The molecule has 44 heavy (non-hydrogen) atoms. The van der Waals surface area contributed by atoms with Crippen molar-refractivity contribution in [2.75, 3.05) is 26.3 Å². The summed E-state index contributed by atoms with van der Waals surface area (Å²) in [6, 6.07) is 12.6. The molecular formula is C32H29F2N5O5. The molecule has 2 atom stereocenters. The van der Waals surface area contributed by atoms with Gasteiger partial charge in [0.25, 0.3) is 11.8 Å². The van der Waals surface area contributed by atoms with Crippen molar-refractivity contribution < 1.29 is 32.6 Å². The fourth-order valence-corrected chi connectivity index (χ4v) is 6.34. The molecule has 1 spiro atoms. The minimum atomic E-state index is -3.16. The normalized spacial score (nSPS) is 20.0. The van der Waals surface area contributed by atoms with E-state index in [0.29, 0.717) is 18.8 Å². The molecule has 0 bridgehead atoms. The molecule has 4 aromatic rings. The van der Waals surface area contributed by atoms with Crippen molar-refractivity contribution in [3.8, 4) is 11.1 Å². The molecule has 2 aliphatic heterocycles. The van der Waals surface area contributed by atoms with Crippen molar-refractivity contribution in [1.82, 2.24) is 25.5 Å². The Balaban J connectivity index is 1.05. The van der Waals surface area contributed by atoms with E-state index in [4.69, 9.17) is 9.47 Å². The molecule has 3 aliphatic rings. The summed E-state index contributed by atoms with van der Waals surface area (Å²) in [5.74, 6) is -5.75. The number of pyridine rings is 1. The molecule has 2 fully saturated rings. The van der Waals surface area contributed by atoms with Gasteiger partial charge in [0, 0.05) is 52.1 Å². The van der Waals surface area contributed by atoms with Crippen LogP contribution in [0, 0.1) is 0 Å². The van der Waals surface area contributed by atoms with Gasteiger partial charge < -0.3 is 30.0 Å². The number of H-pyrrole nitrogens is 1. The molecular weight excluding hydrogens is 572 g/mol. The number of hydrogen-bond acceptors (Lipinski definition) is 6. The summed E-state index contributed by atoms with van der Waals surface area (Å²) in [4.78, 5) is 48.8. The van der Waals surface area contributed by atoms with Gasteiger partial charge in [-0.25, -0.2) is 0 Å². The molecule has 7 rings (SSSR count). The first-order valence-corrected chi connectivity index (χ1v) is 14.4. The minimum Gasteiger partial charge on any atom is -0.357 e. The molecule has 1 unspecified atom stereocenters. The number of nitrogens with one attached hydrogen (secondary N) is 3. The van der Waals surface area contributed by atoms with Crippen molar-refractivity contribution in [3.05, 3.63) is 89.4 Å². The Morgan fingerprint density at radius 1 is 1.07 bits per heavy atom. The quantitative estimate of drug-likeness (QED) is 0.310. The Morgan fingerprint density at radius 3 is 2.64 bits per heavy atom. The van der Waals surface area contributed by atoms with Crippen LogP contribution < -0.4 is 10.6 Å². The molecule has 4 heterocycles. The average Bonchev–Trinajstić information content (AvgIpc) is 3.81. The van der Waals surface area contributed by atoms with Gasteiger partial charge in [-0.1, -0.05) is 30.3 Å². The molecule has 2 aromatic carbocycles. The van der Waals surface area contributed by atoms with Crippen LogP contribution in [0.25, 0.3) is 22.0 Å². The molecule has 1 aliphatic carbocycles. The second-order valence-electron chi connectivity index (χ2n) is 11.3. The van der Waals surface area contributed by atoms with Crippen molar-refractivity contribution in [2.24, 2.45) is 0 Å². The lowest BCUT2D eigenvalue weighted by Crippen LogP contribution is -2.49. The van der Waals surface area contributed by atoms with Gasteiger partial charge in [0.2, 0.25) is 11.8 Å². The van der Waals surface area contributed by atoms with E-state index in [9.17, 15) is 23.2 Å². The fraction of sp³-hybridized carbons (Fsp3) is 0.312. The lowest BCUT2D eigenvalue weighted by molar-refractivity contribution is -0.152. The third kappa shape index (κ3) is 4.70. The number of fused-ring (bicyclic) bond motifs is 4. The first-order chi connectivity index (χ1) is 21.1. The smallest absolute Gasteiger partial charge is 0.299 e. The zero-order valence-corrected chi connectivity index (χ0v) is 23.7. The highest BCUT2D eigenvalue weighted by molar-refractivity contribution is 5.99. The zero-order valence-electron chi connectivity index (χ0n) is 23.7. The highest BCUT2D eigenvalue weighted by atomic mass is 19.3. The predicted molar refractivity (Wildman–Crippen MR) is 155 cm³/mol. The monoisotopic (exact) mass is 601 g/mol. The topological polar surface area (TPSA) is 126 Å². The van der Waals surface area contributed by atoms with Crippen LogP contribution in [0.15, 0.2) is 67.0 Å². The Hall–Kier alpha value is -4.68. The number of carbonyl (C=O) groups is 3. The molecule has 0 saturated carbocycles. The van der Waals surface area contributed by atoms with E-state index in [1.165, 1.54) is 29.2 Å². The Kier molecular flexibility index (Phi) is 6.70. The van der Waals surface area contributed by atoms with E-state index in [1.807, 2.05) is 19.1 Å². The maximum atomic E-state index is 14.9. The maximum Gasteiger partial charge on any atom is 0.299 e. The molecule has 12 heteroatoms. The van der Waals surface area contributed by atoms with E-state index in [0.717, 1.165) is 16.6 Å². The molecule has 3 N–H and O–H groups in total. The zero-order chi connectivity index (χ0) is 30.6. The number of aromatic amines is 1. The third-order valence-corrected chi connectivity index (χ3v) is 8.57. The van der Waals surface area contributed by atoms with Gasteiger partial charge in [0.05, 0.1) is 32.3 Å². The van der Waals surface area contributed by atoms with Gasteiger partial charge in [0.1, 0.15) is 6.04 Å². The summed E-state index contributed by atoms with van der Waals surface area (Å²) in [5.41, 5.74) is 2.17. The standard InChI is InChI=1S/C32H29F2N5O5/c1-18(26-13-20-15-35-9-8-25(20)38-26)37-30(42)27-14-31(43-10-11-44-31)17-39(27)28(40)16-36-29(41)19-6-7-24-22(12-19)21-4-2-3-5-23(21)32(24,33)34/h2-9,12-13,15,18,27,38H,10-11,14,16-17H2,1H3,(H,36,41)(H,37,42)/t18-,27?/m0/s1. The van der Waals surface area contributed by atoms with Crippen LogP contribution in [0.3, 0.4) is 0 Å². The van der Waals surface area contributed by atoms with Gasteiger partial charge in [-0.2, -0.15) is 8.78 Å². The predicted octanol–water partition coefficient (Wildman–Crippen LogP) is 3.63. The first kappa shape index (κ1) is 28.1. The van der Waals surface area contributed by atoms with E-state index in [1.54, 1.807) is 30.6 Å². The van der Waals surface area contributed by atoms with Crippen LogP contribution in [0.4, 0.5) is 8.78 Å². The number of benzene rings is 2. The first-order valence-electron chi connectivity index (χ1n) is 14.4. The summed E-state index contributed by atoms with van der Waals surface area (Å²) >= 11 is 0. The second kappa shape index (κ2) is 10.5. The van der Waals surface area contributed by atoms with Gasteiger partial charge >= 0.3 is 0 Å². The largest absolute Gasteiger partial charge is 0.357 e. The second-order valence-corrected chi connectivity index (χ2v) is 11.3. The Labute approximate surface area is 250 Å². The van der Waals surface area contributed by atoms with Crippen molar-refractivity contribution >= 4 is 28.6 Å².